The van der Waals surface area contributed by atoms with E-state index in [9.17, 15) is 15.3 Å². The number of nitriles is 2. The maximum absolute atomic E-state index is 12.8. The number of ether oxygens (including phenoxy) is 2. The highest BCUT2D eigenvalue weighted by molar-refractivity contribution is 7.16. The van der Waals surface area contributed by atoms with Crippen LogP contribution in [0.15, 0.2) is 17.7 Å². The number of anilines is 1. The third-order valence-electron chi connectivity index (χ3n) is 4.74. The molecule has 1 aliphatic rings. The second-order valence-electron chi connectivity index (χ2n) is 6.68. The molecule has 1 aliphatic carbocycles. The molecule has 0 saturated carbocycles. The van der Waals surface area contributed by atoms with E-state index in [1.54, 1.807) is 12.1 Å². The molecule has 0 spiro atoms. The monoisotopic (exact) mass is 451 g/mol. The zero-order valence-corrected chi connectivity index (χ0v) is 18.3. The van der Waals surface area contributed by atoms with Crippen LogP contribution in [0, 0.1) is 35.0 Å². The molecule has 1 aromatic heterocycles. The van der Waals surface area contributed by atoms with Gasteiger partial charge in [-0.15, -0.1) is 17.8 Å². The van der Waals surface area contributed by atoms with E-state index in [4.69, 9.17) is 27.5 Å². The average Bonchev–Trinajstić information content (AvgIpc) is 3.13. The number of methoxy groups -OCH3 is 1. The summed E-state index contributed by atoms with van der Waals surface area (Å²) in [5, 5.41) is 22.5. The molecule has 1 aromatic carbocycles. The first-order chi connectivity index (χ1) is 15.0. The number of carbonyl (C=O) groups excluding carboxylic acids is 1. The minimum Gasteiger partial charge on any atom is -0.493 e. The van der Waals surface area contributed by atoms with Crippen molar-refractivity contribution in [1.82, 2.24) is 0 Å². The molecule has 8 heteroatoms. The Morgan fingerprint density at radius 2 is 2.13 bits per heavy atom. The summed E-state index contributed by atoms with van der Waals surface area (Å²) in [6, 6.07) is 7.23. The Morgan fingerprint density at radius 1 is 1.35 bits per heavy atom. The van der Waals surface area contributed by atoms with Crippen LogP contribution in [-0.2, 0) is 17.6 Å². The Morgan fingerprint density at radius 3 is 2.81 bits per heavy atom. The number of terminal acetylenes is 1. The van der Waals surface area contributed by atoms with Gasteiger partial charge in [0.2, 0.25) is 0 Å². The molecule has 0 bridgehead atoms. The Kier molecular flexibility index (Phi) is 7.21. The molecule has 1 heterocycles. The fourth-order valence-corrected chi connectivity index (χ4v) is 4.84. The standard InChI is InChI=1S/C23H18ClN3O3S/c1-3-8-30-21-18(24)10-14(11-19(21)29-2)9-15(12-25)22(28)27-23-17(13-26)16-6-4-5-7-20(16)31-23/h1,9-11H,4-8H2,2H3,(H,27,28)/b15-9+. The highest BCUT2D eigenvalue weighted by Gasteiger charge is 2.23. The zero-order valence-electron chi connectivity index (χ0n) is 16.8. The summed E-state index contributed by atoms with van der Waals surface area (Å²) >= 11 is 7.66. The number of rotatable bonds is 6. The first-order valence-electron chi connectivity index (χ1n) is 9.44. The van der Waals surface area contributed by atoms with Crippen molar-refractivity contribution in [3.8, 4) is 36.0 Å². The van der Waals surface area contributed by atoms with Crippen LogP contribution in [0.1, 0.15) is 34.4 Å². The molecular weight excluding hydrogens is 434 g/mol. The largest absolute Gasteiger partial charge is 0.493 e. The molecule has 6 nitrogen and oxygen atoms in total. The molecule has 3 rings (SSSR count). The first-order valence-corrected chi connectivity index (χ1v) is 10.6. The van der Waals surface area contributed by atoms with Gasteiger partial charge in [0.15, 0.2) is 11.5 Å². The summed E-state index contributed by atoms with van der Waals surface area (Å²) in [5.74, 6) is 2.36. The van der Waals surface area contributed by atoms with Gasteiger partial charge in [-0.25, -0.2) is 0 Å². The molecule has 0 aliphatic heterocycles. The van der Waals surface area contributed by atoms with Crippen LogP contribution in [0.2, 0.25) is 5.02 Å². The number of hydrogen-bond acceptors (Lipinski definition) is 6. The van der Waals surface area contributed by atoms with Gasteiger partial charge in [-0.1, -0.05) is 17.5 Å². The summed E-state index contributed by atoms with van der Waals surface area (Å²) in [4.78, 5) is 13.9. The Hall–Kier alpha value is -3.44. The van der Waals surface area contributed by atoms with Crippen LogP contribution >= 0.6 is 22.9 Å². The molecule has 0 saturated heterocycles. The highest BCUT2D eigenvalue weighted by Crippen LogP contribution is 2.39. The molecular formula is C23H18ClN3O3S. The van der Waals surface area contributed by atoms with Crippen LogP contribution in [0.25, 0.3) is 6.08 Å². The maximum atomic E-state index is 12.8. The van der Waals surface area contributed by atoms with Gasteiger partial charge in [-0.2, -0.15) is 10.5 Å². The van der Waals surface area contributed by atoms with E-state index >= 15 is 0 Å². The maximum Gasteiger partial charge on any atom is 0.266 e. The predicted octanol–water partition coefficient (Wildman–Crippen LogP) is 4.72. The van der Waals surface area contributed by atoms with Crippen LogP contribution < -0.4 is 14.8 Å². The summed E-state index contributed by atoms with van der Waals surface area (Å²) in [6.45, 7) is 0.0170. The van der Waals surface area contributed by atoms with Gasteiger partial charge in [0.25, 0.3) is 5.91 Å². The molecule has 2 aromatic rings. The van der Waals surface area contributed by atoms with Crippen molar-refractivity contribution in [2.45, 2.75) is 25.7 Å². The molecule has 1 amide bonds. The van der Waals surface area contributed by atoms with Crippen LogP contribution in [-0.4, -0.2) is 19.6 Å². The number of thiophene rings is 1. The Balaban J connectivity index is 1.89. The lowest BCUT2D eigenvalue weighted by atomic mass is 9.96. The van der Waals surface area contributed by atoms with E-state index in [-0.39, 0.29) is 23.0 Å². The van der Waals surface area contributed by atoms with E-state index in [1.165, 1.54) is 24.5 Å². The van der Waals surface area contributed by atoms with Crippen molar-refractivity contribution in [2.24, 2.45) is 0 Å². The van der Waals surface area contributed by atoms with E-state index < -0.39 is 5.91 Å². The molecule has 156 valence electrons. The molecule has 0 unspecified atom stereocenters. The van der Waals surface area contributed by atoms with Crippen molar-refractivity contribution < 1.29 is 14.3 Å². The number of carbonyl (C=O) groups is 1. The Bertz CT molecular complexity index is 1180. The first kappa shape index (κ1) is 22.2. The van der Waals surface area contributed by atoms with Crippen molar-refractivity contribution in [2.75, 3.05) is 19.0 Å². The van der Waals surface area contributed by atoms with Gasteiger partial charge in [0.1, 0.15) is 29.3 Å². The van der Waals surface area contributed by atoms with Gasteiger partial charge >= 0.3 is 0 Å². The summed E-state index contributed by atoms with van der Waals surface area (Å²) in [6.07, 6.45) is 10.4. The number of benzene rings is 1. The normalized spacial score (nSPS) is 12.7. The fourth-order valence-electron chi connectivity index (χ4n) is 3.33. The summed E-state index contributed by atoms with van der Waals surface area (Å²) in [7, 11) is 1.45. The minimum atomic E-state index is -0.597. The van der Waals surface area contributed by atoms with Crippen molar-refractivity contribution >= 4 is 39.9 Å². The lowest BCUT2D eigenvalue weighted by Crippen LogP contribution is -2.13. The number of aryl methyl sites for hydroxylation is 1. The SMILES string of the molecule is C#CCOc1c(Cl)cc(/C=C(\C#N)C(=O)Nc2sc3c(c2C#N)CCCC3)cc1OC. The zero-order chi connectivity index (χ0) is 22.4. The average molecular weight is 452 g/mol. The number of nitrogens with one attached hydrogen (secondary N) is 1. The second kappa shape index (κ2) is 10.0. The van der Waals surface area contributed by atoms with E-state index in [1.807, 2.05) is 6.07 Å². The van der Waals surface area contributed by atoms with Crippen LogP contribution in [0.3, 0.4) is 0 Å². The quantitative estimate of drug-likeness (QED) is 0.389. The molecule has 31 heavy (non-hydrogen) atoms. The lowest BCUT2D eigenvalue weighted by Gasteiger charge is -2.12. The van der Waals surface area contributed by atoms with E-state index in [0.29, 0.717) is 21.9 Å². The van der Waals surface area contributed by atoms with Gasteiger partial charge in [-0.3, -0.25) is 4.79 Å². The van der Waals surface area contributed by atoms with Gasteiger partial charge in [0.05, 0.1) is 17.7 Å². The van der Waals surface area contributed by atoms with Crippen molar-refractivity contribution in [1.29, 1.82) is 10.5 Å². The van der Waals surface area contributed by atoms with Crippen molar-refractivity contribution in [3.05, 3.63) is 44.3 Å². The summed E-state index contributed by atoms with van der Waals surface area (Å²) < 4.78 is 10.7. The smallest absolute Gasteiger partial charge is 0.266 e. The number of halogens is 1. The number of fused-ring (bicyclic) bond motifs is 1. The second-order valence-corrected chi connectivity index (χ2v) is 8.19. The third-order valence-corrected chi connectivity index (χ3v) is 6.23. The topological polar surface area (TPSA) is 95.1 Å². The van der Waals surface area contributed by atoms with E-state index in [2.05, 4.69) is 17.3 Å². The van der Waals surface area contributed by atoms with Gasteiger partial charge < -0.3 is 14.8 Å². The van der Waals surface area contributed by atoms with Crippen LogP contribution in [0.4, 0.5) is 5.00 Å². The minimum absolute atomic E-state index is 0.0170. The molecule has 0 radical (unpaired) electrons. The highest BCUT2D eigenvalue weighted by atomic mass is 35.5. The third kappa shape index (κ3) is 4.84. The van der Waals surface area contributed by atoms with Gasteiger partial charge in [0, 0.05) is 4.88 Å². The fraction of sp³-hybridized carbons (Fsp3) is 0.261. The molecule has 0 atom stereocenters. The Labute approximate surface area is 189 Å². The van der Waals surface area contributed by atoms with Crippen LogP contribution in [0.5, 0.6) is 11.5 Å². The number of nitrogens with zero attached hydrogens (tertiary/aromatic N) is 2. The summed E-state index contributed by atoms with van der Waals surface area (Å²) in [5.41, 5.74) is 1.85. The number of hydrogen-bond donors (Lipinski definition) is 1. The van der Waals surface area contributed by atoms with Gasteiger partial charge in [-0.05, 0) is 55.0 Å². The van der Waals surface area contributed by atoms with E-state index in [0.717, 1.165) is 36.1 Å². The lowest BCUT2D eigenvalue weighted by molar-refractivity contribution is -0.112. The number of amides is 1. The predicted molar refractivity (Wildman–Crippen MR) is 120 cm³/mol. The van der Waals surface area contributed by atoms with Crippen molar-refractivity contribution in [3.63, 3.8) is 0 Å². The molecule has 1 N–H and O–H groups in total. The molecule has 0 fully saturated rings.